The molecule has 0 radical (unpaired) electrons. The molecular weight excluding hydrogens is 401 g/mol. The number of pyridine rings is 1. The minimum absolute atomic E-state index is 0. The molecule has 2 aromatic heterocycles. The number of piperidine rings is 1. The average Bonchev–Trinajstić information content (AvgIpc) is 3.17. The Hall–Kier alpha value is -1.25. The summed E-state index contributed by atoms with van der Waals surface area (Å²) in [4.78, 5) is 13.5. The van der Waals surface area contributed by atoms with Gasteiger partial charge in [-0.1, -0.05) is 16.8 Å². The summed E-state index contributed by atoms with van der Waals surface area (Å²) in [5.41, 5.74) is 0.705. The summed E-state index contributed by atoms with van der Waals surface area (Å²) in [6.45, 7) is 7.99. The number of nitrogens with zero attached hydrogens (tertiary/aromatic N) is 5. The maximum Gasteiger partial charge on any atom is 0.241 e. The molecule has 28 heavy (non-hydrogen) atoms. The van der Waals surface area contributed by atoms with Crippen molar-refractivity contribution in [3.05, 3.63) is 29.4 Å². The Morgan fingerprint density at radius 1 is 1.11 bits per heavy atom. The van der Waals surface area contributed by atoms with E-state index in [9.17, 15) is 0 Å². The highest BCUT2D eigenvalue weighted by atomic mass is 35.5. The number of rotatable bonds is 6. The molecule has 4 rings (SSSR count). The smallest absolute Gasteiger partial charge is 0.241 e. The maximum atomic E-state index is 6.11. The zero-order chi connectivity index (χ0) is 18.5. The van der Waals surface area contributed by atoms with Gasteiger partial charge in [-0.3, -0.25) is 9.80 Å². The predicted octanol–water partition coefficient (Wildman–Crippen LogP) is 3.14. The molecule has 0 bridgehead atoms. The largest absolute Gasteiger partial charge is 0.379 e. The van der Waals surface area contributed by atoms with Crippen LogP contribution in [-0.2, 0) is 11.3 Å². The predicted molar refractivity (Wildman–Crippen MR) is 110 cm³/mol. The van der Waals surface area contributed by atoms with E-state index in [1.165, 1.54) is 25.8 Å². The van der Waals surface area contributed by atoms with Crippen molar-refractivity contribution in [1.29, 1.82) is 0 Å². The van der Waals surface area contributed by atoms with E-state index in [4.69, 9.17) is 20.9 Å². The maximum absolute atomic E-state index is 6.11. The van der Waals surface area contributed by atoms with Gasteiger partial charge >= 0.3 is 0 Å². The molecule has 0 atom stereocenters. The van der Waals surface area contributed by atoms with E-state index < -0.39 is 0 Å². The third-order valence-corrected chi connectivity index (χ3v) is 5.79. The van der Waals surface area contributed by atoms with E-state index >= 15 is 0 Å². The highest BCUT2D eigenvalue weighted by Gasteiger charge is 2.22. The first-order chi connectivity index (χ1) is 13.3. The second kappa shape index (κ2) is 10.5. The normalized spacial score (nSPS) is 19.5. The molecule has 0 unspecified atom stereocenters. The van der Waals surface area contributed by atoms with Gasteiger partial charge in [0.2, 0.25) is 11.7 Å². The second-order valence-corrected chi connectivity index (χ2v) is 7.67. The van der Waals surface area contributed by atoms with Crippen LogP contribution in [0.4, 0.5) is 0 Å². The first-order valence-electron chi connectivity index (χ1n) is 9.74. The quantitative estimate of drug-likeness (QED) is 0.655. The number of ether oxygens (including phenoxy) is 1. The topological polar surface area (TPSA) is 67.5 Å². The fraction of sp³-hybridized carbons (Fsp3) is 0.632. The van der Waals surface area contributed by atoms with Crippen LogP contribution in [0.2, 0.25) is 5.15 Å². The molecule has 7 nitrogen and oxygen atoms in total. The van der Waals surface area contributed by atoms with Crippen molar-refractivity contribution in [2.45, 2.75) is 25.8 Å². The van der Waals surface area contributed by atoms with E-state index in [0.717, 1.165) is 45.3 Å². The van der Waals surface area contributed by atoms with Crippen molar-refractivity contribution >= 4 is 24.0 Å². The summed E-state index contributed by atoms with van der Waals surface area (Å²) in [5, 5.41) is 4.45. The number of hydrogen-bond acceptors (Lipinski definition) is 7. The molecule has 2 fully saturated rings. The van der Waals surface area contributed by atoms with Gasteiger partial charge in [-0.25, -0.2) is 4.98 Å². The number of aromatic nitrogens is 3. The number of morpholine rings is 1. The van der Waals surface area contributed by atoms with Gasteiger partial charge in [-0.05, 0) is 56.9 Å². The lowest BCUT2D eigenvalue weighted by Gasteiger charge is -2.33. The number of likely N-dealkylation sites (tertiary alicyclic amines) is 1. The molecule has 0 aliphatic carbocycles. The van der Waals surface area contributed by atoms with E-state index in [2.05, 4.69) is 24.9 Å². The Morgan fingerprint density at radius 2 is 1.89 bits per heavy atom. The zero-order valence-electron chi connectivity index (χ0n) is 15.9. The summed E-state index contributed by atoms with van der Waals surface area (Å²) in [6, 6.07) is 3.67. The van der Waals surface area contributed by atoms with E-state index in [0.29, 0.717) is 29.0 Å². The molecule has 0 aromatic carbocycles. The van der Waals surface area contributed by atoms with Crippen LogP contribution in [0.3, 0.4) is 0 Å². The first-order valence-corrected chi connectivity index (χ1v) is 10.1. The van der Waals surface area contributed by atoms with Crippen LogP contribution in [-0.4, -0.2) is 70.9 Å². The number of halogens is 2. The minimum atomic E-state index is 0. The standard InChI is InChI=1S/C19H26ClN5O2.ClH/c20-18-16(2-1-6-21-18)19-22-17(27-23-19)14-25-8-4-15(5-9-25)3-7-24-10-12-26-13-11-24;/h1-2,6,15H,3-5,7-14H2;1H. The third kappa shape index (κ3) is 5.64. The molecule has 2 aliphatic heterocycles. The molecule has 154 valence electrons. The molecule has 9 heteroatoms. The van der Waals surface area contributed by atoms with E-state index in [1.54, 1.807) is 6.20 Å². The molecule has 2 saturated heterocycles. The van der Waals surface area contributed by atoms with Gasteiger partial charge in [-0.2, -0.15) is 4.98 Å². The fourth-order valence-electron chi connectivity index (χ4n) is 3.80. The Bertz CT molecular complexity index is 731. The van der Waals surface area contributed by atoms with E-state index in [1.807, 2.05) is 12.1 Å². The summed E-state index contributed by atoms with van der Waals surface area (Å²) < 4.78 is 10.8. The number of hydrogen-bond donors (Lipinski definition) is 0. The summed E-state index contributed by atoms with van der Waals surface area (Å²) >= 11 is 6.11. The molecule has 4 heterocycles. The Labute approximate surface area is 176 Å². The van der Waals surface area contributed by atoms with Crippen LogP contribution < -0.4 is 0 Å². The lowest BCUT2D eigenvalue weighted by Crippen LogP contribution is -2.39. The second-order valence-electron chi connectivity index (χ2n) is 7.32. The average molecular weight is 428 g/mol. The van der Waals surface area contributed by atoms with Crippen molar-refractivity contribution in [1.82, 2.24) is 24.9 Å². The summed E-state index contributed by atoms with van der Waals surface area (Å²) in [7, 11) is 0. The highest BCUT2D eigenvalue weighted by Crippen LogP contribution is 2.25. The molecule has 2 aromatic rings. The summed E-state index contributed by atoms with van der Waals surface area (Å²) in [6.07, 6.45) is 5.41. The van der Waals surface area contributed by atoms with Crippen molar-refractivity contribution in [3.63, 3.8) is 0 Å². The first kappa shape index (κ1) is 21.5. The van der Waals surface area contributed by atoms with Gasteiger partial charge in [0, 0.05) is 19.3 Å². The Morgan fingerprint density at radius 3 is 2.64 bits per heavy atom. The molecule has 0 saturated carbocycles. The van der Waals surface area contributed by atoms with Gasteiger partial charge in [0.1, 0.15) is 5.15 Å². The van der Waals surface area contributed by atoms with Gasteiger partial charge in [0.15, 0.2) is 0 Å². The van der Waals surface area contributed by atoms with Crippen LogP contribution in [0, 0.1) is 5.92 Å². The Kier molecular flexibility index (Phi) is 8.05. The monoisotopic (exact) mass is 427 g/mol. The molecule has 2 aliphatic rings. The summed E-state index contributed by atoms with van der Waals surface area (Å²) in [5.74, 6) is 1.96. The molecule has 0 N–H and O–H groups in total. The van der Waals surface area contributed by atoms with Crippen molar-refractivity contribution in [2.75, 3.05) is 45.9 Å². The van der Waals surface area contributed by atoms with Gasteiger partial charge in [0.25, 0.3) is 0 Å². The van der Waals surface area contributed by atoms with Crippen molar-refractivity contribution in [3.8, 4) is 11.4 Å². The minimum Gasteiger partial charge on any atom is -0.379 e. The van der Waals surface area contributed by atoms with Crippen LogP contribution in [0.5, 0.6) is 0 Å². The highest BCUT2D eigenvalue weighted by molar-refractivity contribution is 6.31. The Balaban J connectivity index is 0.00000225. The zero-order valence-corrected chi connectivity index (χ0v) is 17.5. The molecular formula is C19H27Cl2N5O2. The van der Waals surface area contributed by atoms with E-state index in [-0.39, 0.29) is 12.4 Å². The van der Waals surface area contributed by atoms with Crippen LogP contribution in [0.25, 0.3) is 11.4 Å². The van der Waals surface area contributed by atoms with Gasteiger partial charge in [-0.15, -0.1) is 12.4 Å². The SMILES string of the molecule is Cl.Clc1ncccc1-c1noc(CN2CCC(CCN3CCOCC3)CC2)n1. The van der Waals surface area contributed by atoms with Crippen LogP contribution in [0.15, 0.2) is 22.9 Å². The lowest BCUT2D eigenvalue weighted by atomic mass is 9.93. The van der Waals surface area contributed by atoms with Gasteiger partial charge < -0.3 is 9.26 Å². The van der Waals surface area contributed by atoms with Crippen LogP contribution >= 0.6 is 24.0 Å². The van der Waals surface area contributed by atoms with Crippen LogP contribution in [0.1, 0.15) is 25.2 Å². The van der Waals surface area contributed by atoms with Gasteiger partial charge in [0.05, 0.1) is 25.3 Å². The molecule has 0 spiro atoms. The van der Waals surface area contributed by atoms with Crippen molar-refractivity contribution in [2.24, 2.45) is 5.92 Å². The molecule has 0 amide bonds. The van der Waals surface area contributed by atoms with Crippen molar-refractivity contribution < 1.29 is 9.26 Å². The third-order valence-electron chi connectivity index (χ3n) is 5.49. The fourth-order valence-corrected chi connectivity index (χ4v) is 4.00. The lowest BCUT2D eigenvalue weighted by molar-refractivity contribution is 0.0333.